The molecule has 0 aromatic heterocycles. The molecule has 2 aromatic carbocycles. The summed E-state index contributed by atoms with van der Waals surface area (Å²) in [6.07, 6.45) is 1.95. The number of hydrogen-bond donors (Lipinski definition) is 1. The summed E-state index contributed by atoms with van der Waals surface area (Å²) in [6, 6.07) is 17.6. The van der Waals surface area contributed by atoms with E-state index in [1.165, 1.54) is 16.1 Å². The maximum Gasteiger partial charge on any atom is 0.232 e. The molecule has 0 radical (unpaired) electrons. The van der Waals surface area contributed by atoms with E-state index in [1.807, 2.05) is 54.6 Å². The second kappa shape index (κ2) is 10.4. The molecule has 0 aliphatic heterocycles. The van der Waals surface area contributed by atoms with Gasteiger partial charge in [-0.25, -0.2) is 8.42 Å². The van der Waals surface area contributed by atoms with Crippen LogP contribution in [0.2, 0.25) is 0 Å². The molecule has 0 aliphatic rings. The fourth-order valence-electron chi connectivity index (χ4n) is 3.15. The van der Waals surface area contributed by atoms with Crippen LogP contribution in [0.5, 0.6) is 0 Å². The van der Waals surface area contributed by atoms with E-state index < -0.39 is 10.0 Å². The molecule has 2 aromatic rings. The molecule has 1 N–H and O–H groups in total. The van der Waals surface area contributed by atoms with Crippen LogP contribution in [0, 0.1) is 0 Å². The van der Waals surface area contributed by atoms with Crippen molar-refractivity contribution in [2.24, 2.45) is 0 Å². The van der Waals surface area contributed by atoms with Crippen LogP contribution in [0.15, 0.2) is 54.6 Å². The molecule has 0 heterocycles. The van der Waals surface area contributed by atoms with Crippen LogP contribution in [-0.4, -0.2) is 33.7 Å². The van der Waals surface area contributed by atoms with Crippen molar-refractivity contribution >= 4 is 21.6 Å². The number of carbonyl (C=O) groups is 1. The number of nitrogens with one attached hydrogen (secondary N) is 1. The first-order valence-electron chi connectivity index (χ1n) is 10.1. The van der Waals surface area contributed by atoms with Crippen molar-refractivity contribution in [2.75, 3.05) is 23.7 Å². The quantitative estimate of drug-likeness (QED) is 0.629. The molecule has 6 heteroatoms. The molecular weight excluding hydrogens is 384 g/mol. The van der Waals surface area contributed by atoms with Gasteiger partial charge in [-0.15, -0.1) is 0 Å². The van der Waals surface area contributed by atoms with Crippen LogP contribution >= 0.6 is 0 Å². The summed E-state index contributed by atoms with van der Waals surface area (Å²) >= 11 is 0. The number of benzene rings is 2. The summed E-state index contributed by atoms with van der Waals surface area (Å²) in [6.45, 7) is 7.11. The van der Waals surface area contributed by atoms with Crippen LogP contribution < -0.4 is 9.62 Å². The molecule has 29 heavy (non-hydrogen) atoms. The van der Waals surface area contributed by atoms with Crippen molar-refractivity contribution in [1.82, 2.24) is 5.32 Å². The van der Waals surface area contributed by atoms with Gasteiger partial charge >= 0.3 is 0 Å². The number of sulfonamides is 1. The molecule has 0 bridgehead atoms. The average molecular weight is 417 g/mol. The monoisotopic (exact) mass is 416 g/mol. The second-order valence-corrected chi connectivity index (χ2v) is 9.71. The van der Waals surface area contributed by atoms with Crippen molar-refractivity contribution in [2.45, 2.75) is 45.4 Å². The van der Waals surface area contributed by atoms with E-state index in [0.29, 0.717) is 24.6 Å². The molecular formula is C23H32N2O3S. The molecule has 0 spiro atoms. The van der Waals surface area contributed by atoms with Gasteiger partial charge in [0.15, 0.2) is 0 Å². The van der Waals surface area contributed by atoms with E-state index in [0.717, 1.165) is 5.56 Å². The first-order valence-corrected chi connectivity index (χ1v) is 11.9. The minimum absolute atomic E-state index is 0.0589. The highest BCUT2D eigenvalue weighted by Crippen LogP contribution is 2.22. The topological polar surface area (TPSA) is 66.5 Å². The highest BCUT2D eigenvalue weighted by molar-refractivity contribution is 7.92. The Morgan fingerprint density at radius 1 is 0.966 bits per heavy atom. The number of nitrogens with zero attached hydrogens (tertiary/aromatic N) is 1. The zero-order valence-electron chi connectivity index (χ0n) is 17.8. The summed E-state index contributed by atoms with van der Waals surface area (Å²) in [4.78, 5) is 12.2. The number of carbonyl (C=O) groups excluding carboxylic acids is 1. The van der Waals surface area contributed by atoms with Gasteiger partial charge in [0.05, 0.1) is 11.9 Å². The third-order valence-corrected chi connectivity index (χ3v) is 6.18. The standard InChI is InChI=1S/C23H32N2O3S/c1-18(2)20-12-14-22(15-13-20)25(29(4,27)28)16-8-11-23(26)24-17-19(3)21-9-6-5-7-10-21/h5-7,9-10,12-15,18-19H,8,11,16-17H2,1-4H3,(H,24,26)/t19-/m1/s1. The Hall–Kier alpha value is -2.34. The Morgan fingerprint density at radius 2 is 1.59 bits per heavy atom. The molecule has 0 saturated carbocycles. The van der Waals surface area contributed by atoms with E-state index in [9.17, 15) is 13.2 Å². The van der Waals surface area contributed by atoms with Gasteiger partial charge in [0.2, 0.25) is 15.9 Å². The Balaban J connectivity index is 1.87. The van der Waals surface area contributed by atoms with Crippen molar-refractivity contribution in [1.29, 1.82) is 0 Å². The van der Waals surface area contributed by atoms with Crippen LogP contribution in [0.3, 0.4) is 0 Å². The van der Waals surface area contributed by atoms with E-state index in [1.54, 1.807) is 0 Å². The molecule has 2 rings (SSSR count). The molecule has 0 unspecified atom stereocenters. The predicted molar refractivity (Wildman–Crippen MR) is 120 cm³/mol. The second-order valence-electron chi connectivity index (χ2n) is 7.80. The molecule has 0 aliphatic carbocycles. The van der Waals surface area contributed by atoms with Crippen LogP contribution in [-0.2, 0) is 14.8 Å². The summed E-state index contributed by atoms with van der Waals surface area (Å²) in [5.41, 5.74) is 2.98. The van der Waals surface area contributed by atoms with Crippen molar-refractivity contribution in [3.8, 4) is 0 Å². The van der Waals surface area contributed by atoms with E-state index in [2.05, 4.69) is 26.1 Å². The average Bonchev–Trinajstić information content (AvgIpc) is 2.69. The molecule has 1 amide bonds. The molecule has 1 atom stereocenters. The normalized spacial score (nSPS) is 12.6. The van der Waals surface area contributed by atoms with Crippen LogP contribution in [0.4, 0.5) is 5.69 Å². The Morgan fingerprint density at radius 3 is 2.14 bits per heavy atom. The lowest BCUT2D eigenvalue weighted by molar-refractivity contribution is -0.121. The Kier molecular flexibility index (Phi) is 8.26. The zero-order chi connectivity index (χ0) is 21.4. The first kappa shape index (κ1) is 22.9. The number of hydrogen-bond acceptors (Lipinski definition) is 3. The summed E-state index contributed by atoms with van der Waals surface area (Å²) in [5, 5.41) is 2.95. The smallest absolute Gasteiger partial charge is 0.232 e. The van der Waals surface area contributed by atoms with Crippen LogP contribution in [0.1, 0.15) is 56.6 Å². The van der Waals surface area contributed by atoms with Gasteiger partial charge in [0.1, 0.15) is 0 Å². The molecule has 0 fully saturated rings. The molecule has 5 nitrogen and oxygen atoms in total. The minimum Gasteiger partial charge on any atom is -0.356 e. The van der Waals surface area contributed by atoms with Gasteiger partial charge in [0.25, 0.3) is 0 Å². The highest BCUT2D eigenvalue weighted by atomic mass is 32.2. The van der Waals surface area contributed by atoms with Gasteiger partial charge in [-0.2, -0.15) is 0 Å². The predicted octanol–water partition coefficient (Wildman–Crippen LogP) is 4.28. The SMILES string of the molecule is CC(C)c1ccc(N(CCCC(=O)NC[C@@H](C)c2ccccc2)S(C)(=O)=O)cc1. The zero-order valence-corrected chi connectivity index (χ0v) is 18.6. The number of amides is 1. The van der Waals surface area contributed by atoms with E-state index in [4.69, 9.17) is 0 Å². The summed E-state index contributed by atoms with van der Waals surface area (Å²) < 4.78 is 25.8. The van der Waals surface area contributed by atoms with E-state index in [-0.39, 0.29) is 24.8 Å². The number of rotatable bonds is 10. The summed E-state index contributed by atoms with van der Waals surface area (Å²) in [5.74, 6) is 0.557. The maximum atomic E-state index is 12.2. The van der Waals surface area contributed by atoms with Crippen molar-refractivity contribution in [3.05, 3.63) is 65.7 Å². The fourth-order valence-corrected chi connectivity index (χ4v) is 4.12. The van der Waals surface area contributed by atoms with E-state index >= 15 is 0 Å². The third kappa shape index (κ3) is 7.20. The van der Waals surface area contributed by atoms with Gasteiger partial charge in [-0.1, -0.05) is 63.2 Å². The highest BCUT2D eigenvalue weighted by Gasteiger charge is 2.18. The lowest BCUT2D eigenvalue weighted by atomic mass is 10.0. The first-order chi connectivity index (χ1) is 13.7. The minimum atomic E-state index is -3.41. The maximum absolute atomic E-state index is 12.2. The van der Waals surface area contributed by atoms with Gasteiger partial charge < -0.3 is 5.32 Å². The van der Waals surface area contributed by atoms with Crippen molar-refractivity contribution in [3.63, 3.8) is 0 Å². The Bertz CT molecular complexity index is 878. The molecule has 158 valence electrons. The van der Waals surface area contributed by atoms with Crippen molar-refractivity contribution < 1.29 is 13.2 Å². The summed E-state index contributed by atoms with van der Waals surface area (Å²) in [7, 11) is -3.41. The lowest BCUT2D eigenvalue weighted by Gasteiger charge is -2.23. The fraction of sp³-hybridized carbons (Fsp3) is 0.435. The largest absolute Gasteiger partial charge is 0.356 e. The number of anilines is 1. The van der Waals surface area contributed by atoms with Gasteiger partial charge in [-0.05, 0) is 41.5 Å². The van der Waals surface area contributed by atoms with Gasteiger partial charge in [-0.3, -0.25) is 9.10 Å². The lowest BCUT2D eigenvalue weighted by Crippen LogP contribution is -2.32. The van der Waals surface area contributed by atoms with Gasteiger partial charge in [0, 0.05) is 19.5 Å². The van der Waals surface area contributed by atoms with Crippen LogP contribution in [0.25, 0.3) is 0 Å². The third-order valence-electron chi connectivity index (χ3n) is 4.99. The molecule has 0 saturated heterocycles. The Labute approximate surface area is 175 Å².